The Morgan fingerprint density at radius 1 is 0.455 bits per heavy atom. The molecule has 2 heterocycles. The van der Waals surface area contributed by atoms with Gasteiger partial charge in [0.15, 0.2) is 23.1 Å². The molecule has 0 aliphatic rings. The molecule has 2 aromatic heterocycles. The zero-order chi connectivity index (χ0) is 29.2. The number of aromatic nitrogens is 3. The molecule has 0 bridgehead atoms. The largest absolute Gasteiger partial charge is 0.454 e. The van der Waals surface area contributed by atoms with Crippen molar-refractivity contribution in [2.24, 2.45) is 0 Å². The van der Waals surface area contributed by atoms with Crippen molar-refractivity contribution in [3.63, 3.8) is 0 Å². The zero-order valence-electron chi connectivity index (χ0n) is 23.3. The number of benzene rings is 7. The molecule has 0 atom stereocenters. The molecule has 0 spiro atoms. The van der Waals surface area contributed by atoms with E-state index in [-0.39, 0.29) is 0 Å². The Labute approximate surface area is 257 Å². The van der Waals surface area contributed by atoms with E-state index in [2.05, 4.69) is 66.7 Å². The highest BCUT2D eigenvalue weighted by atomic mass is 35.5. The summed E-state index contributed by atoms with van der Waals surface area (Å²) in [6, 6.07) is 45.6. The molecule has 9 aromatic rings. The van der Waals surface area contributed by atoms with Crippen LogP contribution in [0.15, 0.2) is 138 Å². The minimum absolute atomic E-state index is 0.572. The summed E-state index contributed by atoms with van der Waals surface area (Å²) in [5.41, 5.74) is 4.10. The summed E-state index contributed by atoms with van der Waals surface area (Å²) in [6.07, 6.45) is 0. The Kier molecular flexibility index (Phi) is 5.52. The van der Waals surface area contributed by atoms with Crippen LogP contribution < -0.4 is 0 Å². The zero-order valence-corrected chi connectivity index (χ0v) is 24.1. The van der Waals surface area contributed by atoms with Crippen LogP contribution in [0.3, 0.4) is 0 Å². The molecule has 0 unspecified atom stereocenters. The molecule has 9 rings (SSSR count). The Morgan fingerprint density at radius 3 is 2.02 bits per heavy atom. The van der Waals surface area contributed by atoms with Gasteiger partial charge >= 0.3 is 0 Å². The van der Waals surface area contributed by atoms with Crippen molar-refractivity contribution in [2.45, 2.75) is 0 Å². The predicted octanol–water partition coefficient (Wildman–Crippen LogP) is 10.9. The van der Waals surface area contributed by atoms with Gasteiger partial charge in [0.1, 0.15) is 5.58 Å². The Bertz CT molecular complexity index is 2570. The second kappa shape index (κ2) is 9.73. The number of hydrogen-bond acceptors (Lipinski definition) is 4. The lowest BCUT2D eigenvalue weighted by atomic mass is 9.95. The van der Waals surface area contributed by atoms with Crippen LogP contribution in [0, 0.1) is 0 Å². The summed E-state index contributed by atoms with van der Waals surface area (Å²) in [5.74, 6) is 1.79. The van der Waals surface area contributed by atoms with Crippen molar-refractivity contribution in [3.05, 3.63) is 138 Å². The molecule has 7 aromatic carbocycles. The first-order valence-electron chi connectivity index (χ1n) is 14.5. The van der Waals surface area contributed by atoms with E-state index < -0.39 is 0 Å². The van der Waals surface area contributed by atoms with Gasteiger partial charge in [0.05, 0.1) is 5.02 Å². The molecule has 0 radical (unpaired) electrons. The molecular formula is C39H22ClN3O. The number of halogens is 1. The lowest BCUT2D eigenvalue weighted by Crippen LogP contribution is -2.00. The molecule has 0 amide bonds. The van der Waals surface area contributed by atoms with Gasteiger partial charge in [-0.05, 0) is 50.5 Å². The van der Waals surface area contributed by atoms with Crippen LogP contribution in [0.5, 0.6) is 0 Å². The van der Waals surface area contributed by atoms with Gasteiger partial charge in [-0.25, -0.2) is 15.0 Å². The average molecular weight is 584 g/mol. The fourth-order valence-electron chi connectivity index (χ4n) is 6.32. The van der Waals surface area contributed by atoms with E-state index in [1.165, 1.54) is 26.9 Å². The van der Waals surface area contributed by atoms with Gasteiger partial charge in [-0.15, -0.1) is 0 Å². The van der Waals surface area contributed by atoms with Crippen LogP contribution in [0.25, 0.3) is 88.4 Å². The number of para-hydroxylation sites is 1. The molecule has 0 N–H and O–H groups in total. The van der Waals surface area contributed by atoms with E-state index in [1.807, 2.05) is 66.7 Å². The predicted molar refractivity (Wildman–Crippen MR) is 181 cm³/mol. The van der Waals surface area contributed by atoms with Gasteiger partial charge in [0.25, 0.3) is 0 Å². The van der Waals surface area contributed by atoms with Crippen LogP contribution >= 0.6 is 11.6 Å². The first kappa shape index (κ1) is 25.0. The fraction of sp³-hybridized carbons (Fsp3) is 0. The SMILES string of the molecule is Clc1cccc2c1oc1cccc(-c3nc(-c4ccccc4)nc(-c4ccc5c(ccc6ccc7ccccc7c65)c4)n3)c12. The number of nitrogens with zero attached hydrogens (tertiary/aromatic N) is 3. The molecule has 0 saturated carbocycles. The number of hydrogen-bond donors (Lipinski definition) is 0. The Balaban J connectivity index is 1.29. The molecule has 0 aliphatic heterocycles. The minimum atomic E-state index is 0.572. The van der Waals surface area contributed by atoms with E-state index in [9.17, 15) is 0 Å². The minimum Gasteiger partial charge on any atom is -0.454 e. The van der Waals surface area contributed by atoms with Crippen LogP contribution in [0.1, 0.15) is 0 Å². The van der Waals surface area contributed by atoms with Crippen LogP contribution in [-0.4, -0.2) is 15.0 Å². The summed E-state index contributed by atoms with van der Waals surface area (Å²) < 4.78 is 6.19. The Hall–Kier alpha value is -5.58. The van der Waals surface area contributed by atoms with E-state index in [0.717, 1.165) is 38.4 Å². The monoisotopic (exact) mass is 583 g/mol. The van der Waals surface area contributed by atoms with Crippen molar-refractivity contribution >= 4 is 65.9 Å². The molecule has 5 heteroatoms. The van der Waals surface area contributed by atoms with Crippen LogP contribution in [0.4, 0.5) is 0 Å². The first-order valence-corrected chi connectivity index (χ1v) is 14.9. The normalized spacial score (nSPS) is 11.8. The van der Waals surface area contributed by atoms with Crippen LogP contribution in [-0.2, 0) is 0 Å². The molecular weight excluding hydrogens is 562 g/mol. The smallest absolute Gasteiger partial charge is 0.164 e. The van der Waals surface area contributed by atoms with E-state index in [0.29, 0.717) is 28.1 Å². The number of rotatable bonds is 3. The third-order valence-corrected chi connectivity index (χ3v) is 8.66. The van der Waals surface area contributed by atoms with E-state index in [1.54, 1.807) is 0 Å². The van der Waals surface area contributed by atoms with Gasteiger partial charge in [-0.1, -0.05) is 127 Å². The van der Waals surface area contributed by atoms with E-state index >= 15 is 0 Å². The molecule has 0 fully saturated rings. The summed E-state index contributed by atoms with van der Waals surface area (Å²) in [5, 5.41) is 9.71. The summed E-state index contributed by atoms with van der Waals surface area (Å²) in [6.45, 7) is 0. The standard InChI is InChI=1S/C39H22ClN3O/c40-32-14-6-12-30-35-31(13-7-15-33(35)44-36(30)32)39-42-37(25-9-2-1-3-10-25)41-38(43-39)27-20-21-29-26(22-27)19-18-24-17-16-23-8-4-5-11-28(23)34(24)29/h1-22H. The van der Waals surface area contributed by atoms with Gasteiger partial charge in [0, 0.05) is 27.5 Å². The topological polar surface area (TPSA) is 51.8 Å². The average Bonchev–Trinajstić information content (AvgIpc) is 3.48. The molecule has 44 heavy (non-hydrogen) atoms. The van der Waals surface area contributed by atoms with Crippen LogP contribution in [0.2, 0.25) is 5.02 Å². The summed E-state index contributed by atoms with van der Waals surface area (Å²) >= 11 is 6.52. The second-order valence-corrected chi connectivity index (χ2v) is 11.4. The first-order chi connectivity index (χ1) is 21.7. The molecule has 0 aliphatic carbocycles. The quantitative estimate of drug-likeness (QED) is 0.194. The van der Waals surface area contributed by atoms with Crippen molar-refractivity contribution in [1.82, 2.24) is 15.0 Å². The summed E-state index contributed by atoms with van der Waals surface area (Å²) in [4.78, 5) is 15.1. The van der Waals surface area contributed by atoms with Crippen molar-refractivity contribution in [2.75, 3.05) is 0 Å². The number of furan rings is 1. The van der Waals surface area contributed by atoms with E-state index in [4.69, 9.17) is 31.0 Å². The summed E-state index contributed by atoms with van der Waals surface area (Å²) in [7, 11) is 0. The lowest BCUT2D eigenvalue weighted by molar-refractivity contribution is 0.669. The molecule has 4 nitrogen and oxygen atoms in total. The molecule has 206 valence electrons. The van der Waals surface area contributed by atoms with Gasteiger partial charge in [-0.3, -0.25) is 0 Å². The molecule has 0 saturated heterocycles. The second-order valence-electron chi connectivity index (χ2n) is 11.0. The third kappa shape index (κ3) is 3.89. The van der Waals surface area contributed by atoms with Gasteiger partial charge < -0.3 is 4.42 Å². The third-order valence-electron chi connectivity index (χ3n) is 8.37. The highest BCUT2D eigenvalue weighted by Gasteiger charge is 2.19. The maximum Gasteiger partial charge on any atom is 0.164 e. The maximum atomic E-state index is 6.52. The number of fused-ring (bicyclic) bond motifs is 8. The van der Waals surface area contributed by atoms with Crippen molar-refractivity contribution in [1.29, 1.82) is 0 Å². The highest BCUT2D eigenvalue weighted by molar-refractivity contribution is 6.36. The maximum absolute atomic E-state index is 6.52. The lowest BCUT2D eigenvalue weighted by Gasteiger charge is -2.11. The van der Waals surface area contributed by atoms with Crippen molar-refractivity contribution in [3.8, 4) is 34.2 Å². The Morgan fingerprint density at radius 2 is 1.14 bits per heavy atom. The van der Waals surface area contributed by atoms with Crippen molar-refractivity contribution < 1.29 is 4.42 Å². The highest BCUT2D eigenvalue weighted by Crippen LogP contribution is 2.39. The van der Waals surface area contributed by atoms with Gasteiger partial charge in [0.2, 0.25) is 0 Å². The van der Waals surface area contributed by atoms with Gasteiger partial charge in [-0.2, -0.15) is 0 Å². The fourth-order valence-corrected chi connectivity index (χ4v) is 6.53.